The molecule has 12 heteroatoms. The number of hydrogen-bond donors (Lipinski definition) is 1. The van der Waals surface area contributed by atoms with Gasteiger partial charge in [0.25, 0.3) is 0 Å². The highest BCUT2D eigenvalue weighted by molar-refractivity contribution is 6.00. The lowest BCUT2D eigenvalue weighted by Gasteiger charge is -2.25. The third kappa shape index (κ3) is 5.37. The average Bonchev–Trinajstić information content (AvgIpc) is 3.03. The van der Waals surface area contributed by atoms with Gasteiger partial charge in [0.2, 0.25) is 5.91 Å². The van der Waals surface area contributed by atoms with E-state index in [9.17, 15) is 35.9 Å². The maximum atomic E-state index is 13.2. The van der Waals surface area contributed by atoms with Crippen LogP contribution in [0.15, 0.2) is 42.6 Å². The normalized spacial score (nSPS) is 17.1. The van der Waals surface area contributed by atoms with Crippen LogP contribution < -0.4 is 10.2 Å². The molecule has 178 valence electrons. The minimum Gasteiger partial charge on any atom is -0.324 e. The number of benzene rings is 1. The molecular weight excluding hydrogens is 454 g/mol. The van der Waals surface area contributed by atoms with Gasteiger partial charge in [-0.3, -0.25) is 9.69 Å². The number of carbonyl (C=O) groups is 2. The van der Waals surface area contributed by atoms with Gasteiger partial charge in [-0.05, 0) is 30.2 Å². The molecule has 1 N–H and O–H groups in total. The Hall–Kier alpha value is -3.31. The predicted molar refractivity (Wildman–Crippen MR) is 107 cm³/mol. The largest absolute Gasteiger partial charge is 0.433 e. The summed E-state index contributed by atoms with van der Waals surface area (Å²) in [4.78, 5) is 31.2. The summed E-state index contributed by atoms with van der Waals surface area (Å²) >= 11 is 0. The molecule has 1 aromatic carbocycles. The van der Waals surface area contributed by atoms with E-state index in [1.165, 1.54) is 21.9 Å². The van der Waals surface area contributed by atoms with E-state index in [1.807, 2.05) is 0 Å². The number of nitrogens with zero attached hydrogens (tertiary/aromatic N) is 3. The molecule has 1 aromatic heterocycles. The third-order valence-electron chi connectivity index (χ3n) is 5.19. The molecule has 0 bridgehead atoms. The van der Waals surface area contributed by atoms with Crippen molar-refractivity contribution >= 4 is 23.3 Å². The number of urea groups is 1. The van der Waals surface area contributed by atoms with E-state index in [4.69, 9.17) is 0 Å². The van der Waals surface area contributed by atoms with Crippen molar-refractivity contribution in [1.82, 2.24) is 9.88 Å². The van der Waals surface area contributed by atoms with Crippen molar-refractivity contribution < 1.29 is 35.9 Å². The molecule has 2 aromatic rings. The molecule has 1 aliphatic heterocycles. The first kappa shape index (κ1) is 24.3. The smallest absolute Gasteiger partial charge is 0.324 e. The molecule has 3 amide bonds. The quantitative estimate of drug-likeness (QED) is 0.619. The van der Waals surface area contributed by atoms with Crippen molar-refractivity contribution in [3.05, 3.63) is 53.9 Å². The van der Waals surface area contributed by atoms with Gasteiger partial charge in [-0.25, -0.2) is 9.78 Å². The van der Waals surface area contributed by atoms with Gasteiger partial charge < -0.3 is 10.2 Å². The maximum absolute atomic E-state index is 13.2. The second-order valence-electron chi connectivity index (χ2n) is 7.82. The van der Waals surface area contributed by atoms with Crippen LogP contribution in [0.1, 0.15) is 25.1 Å². The standard InChI is InChI=1S/C21H20F6N4O2/c1-12(2)16-10-30(13-7-8-17(28-9-13)21(25,26)27)19(33)31(16)11-18(32)29-15-6-4-3-5-14(15)20(22,23)24/h3-9,12,16H,10-11H2,1-2H3,(H,29,32)/t16-/m1/s1. The Labute approximate surface area is 185 Å². The van der Waals surface area contributed by atoms with Gasteiger partial charge in [-0.2, -0.15) is 26.3 Å². The van der Waals surface area contributed by atoms with Crippen LogP contribution >= 0.6 is 0 Å². The molecule has 1 saturated heterocycles. The number of para-hydroxylation sites is 1. The van der Waals surface area contributed by atoms with Gasteiger partial charge in [0.15, 0.2) is 0 Å². The van der Waals surface area contributed by atoms with E-state index in [1.54, 1.807) is 13.8 Å². The van der Waals surface area contributed by atoms with Gasteiger partial charge in [0, 0.05) is 6.54 Å². The fourth-order valence-electron chi connectivity index (χ4n) is 3.53. The maximum Gasteiger partial charge on any atom is 0.433 e. The molecule has 0 spiro atoms. The Kier molecular flexibility index (Phi) is 6.57. The van der Waals surface area contributed by atoms with Crippen molar-refractivity contribution in [1.29, 1.82) is 0 Å². The number of carbonyl (C=O) groups excluding carboxylic acids is 2. The summed E-state index contributed by atoms with van der Waals surface area (Å²) in [5.74, 6) is -0.977. The first-order chi connectivity index (χ1) is 15.3. The van der Waals surface area contributed by atoms with Crippen LogP contribution in [0.25, 0.3) is 0 Å². The monoisotopic (exact) mass is 474 g/mol. The van der Waals surface area contributed by atoms with Gasteiger partial charge in [0.1, 0.15) is 12.2 Å². The van der Waals surface area contributed by atoms with E-state index >= 15 is 0 Å². The molecule has 6 nitrogen and oxygen atoms in total. The summed E-state index contributed by atoms with van der Waals surface area (Å²) in [6, 6.07) is 5.15. The number of alkyl halides is 6. The minimum absolute atomic E-state index is 0.0793. The summed E-state index contributed by atoms with van der Waals surface area (Å²) in [6.07, 6.45) is -8.40. The Morgan fingerprint density at radius 3 is 2.30 bits per heavy atom. The van der Waals surface area contributed by atoms with E-state index in [0.29, 0.717) is 0 Å². The first-order valence-electron chi connectivity index (χ1n) is 9.86. The lowest BCUT2D eigenvalue weighted by molar-refractivity contribution is -0.141. The first-order valence-corrected chi connectivity index (χ1v) is 9.86. The third-order valence-corrected chi connectivity index (χ3v) is 5.19. The van der Waals surface area contributed by atoms with Crippen LogP contribution in [-0.2, 0) is 17.1 Å². The number of pyridine rings is 1. The van der Waals surface area contributed by atoms with Crippen molar-refractivity contribution in [2.24, 2.45) is 5.92 Å². The van der Waals surface area contributed by atoms with Crippen LogP contribution in [0.2, 0.25) is 0 Å². The van der Waals surface area contributed by atoms with Crippen molar-refractivity contribution in [2.75, 3.05) is 23.3 Å². The van der Waals surface area contributed by atoms with Crippen LogP contribution in [0.4, 0.5) is 42.5 Å². The lowest BCUT2D eigenvalue weighted by Crippen LogP contribution is -2.43. The van der Waals surface area contributed by atoms with Gasteiger partial charge in [-0.15, -0.1) is 0 Å². The summed E-state index contributed by atoms with van der Waals surface area (Å²) in [7, 11) is 0. The molecule has 33 heavy (non-hydrogen) atoms. The summed E-state index contributed by atoms with van der Waals surface area (Å²) < 4.78 is 77.8. The zero-order valence-electron chi connectivity index (χ0n) is 17.5. The number of halogens is 6. The van der Waals surface area contributed by atoms with E-state index in [2.05, 4.69) is 10.3 Å². The summed E-state index contributed by atoms with van der Waals surface area (Å²) in [5.41, 5.74) is -2.46. The fourth-order valence-corrected chi connectivity index (χ4v) is 3.53. The molecule has 0 aliphatic carbocycles. The lowest BCUT2D eigenvalue weighted by atomic mass is 10.0. The van der Waals surface area contributed by atoms with Crippen molar-refractivity contribution in [2.45, 2.75) is 32.2 Å². The zero-order chi connectivity index (χ0) is 24.6. The Morgan fingerprint density at radius 2 is 1.76 bits per heavy atom. The van der Waals surface area contributed by atoms with E-state index in [-0.39, 0.29) is 18.2 Å². The minimum atomic E-state index is -4.68. The SMILES string of the molecule is CC(C)[C@H]1CN(c2ccc(C(F)(F)F)nc2)C(=O)N1CC(=O)Nc1ccccc1C(F)(F)F. The van der Waals surface area contributed by atoms with E-state index < -0.39 is 53.8 Å². The number of amides is 3. The second kappa shape index (κ2) is 8.91. The molecule has 2 heterocycles. The van der Waals surface area contributed by atoms with Crippen LogP contribution in [0, 0.1) is 5.92 Å². The Morgan fingerprint density at radius 1 is 1.09 bits per heavy atom. The molecule has 0 unspecified atom stereocenters. The number of aromatic nitrogens is 1. The molecule has 1 fully saturated rings. The number of hydrogen-bond acceptors (Lipinski definition) is 3. The number of nitrogens with one attached hydrogen (secondary N) is 1. The van der Waals surface area contributed by atoms with E-state index in [0.717, 1.165) is 30.5 Å². The average molecular weight is 474 g/mol. The van der Waals surface area contributed by atoms with Crippen LogP contribution in [0.3, 0.4) is 0 Å². The fraction of sp³-hybridized carbons (Fsp3) is 0.381. The topological polar surface area (TPSA) is 65.5 Å². The second-order valence-corrected chi connectivity index (χ2v) is 7.82. The molecule has 1 aliphatic rings. The van der Waals surface area contributed by atoms with Crippen LogP contribution in [0.5, 0.6) is 0 Å². The summed E-state index contributed by atoms with van der Waals surface area (Å²) in [6.45, 7) is 3.13. The number of rotatable bonds is 5. The highest BCUT2D eigenvalue weighted by Crippen LogP contribution is 2.35. The van der Waals surface area contributed by atoms with Crippen molar-refractivity contribution in [3.8, 4) is 0 Å². The molecular formula is C21H20F6N4O2. The molecule has 3 rings (SSSR count). The summed E-state index contributed by atoms with van der Waals surface area (Å²) in [5, 5.41) is 2.19. The predicted octanol–water partition coefficient (Wildman–Crippen LogP) is 5.02. The number of anilines is 2. The molecule has 1 atom stereocenters. The molecule has 0 radical (unpaired) electrons. The van der Waals surface area contributed by atoms with Gasteiger partial charge in [-0.1, -0.05) is 26.0 Å². The van der Waals surface area contributed by atoms with Crippen molar-refractivity contribution in [3.63, 3.8) is 0 Å². The Balaban J connectivity index is 1.79. The molecule has 0 saturated carbocycles. The van der Waals surface area contributed by atoms with Gasteiger partial charge in [0.05, 0.1) is 29.2 Å². The Bertz CT molecular complexity index is 1020. The van der Waals surface area contributed by atoms with Gasteiger partial charge >= 0.3 is 18.4 Å². The highest BCUT2D eigenvalue weighted by atomic mass is 19.4. The van der Waals surface area contributed by atoms with Crippen LogP contribution in [-0.4, -0.2) is 41.0 Å². The highest BCUT2D eigenvalue weighted by Gasteiger charge is 2.41. The zero-order valence-corrected chi connectivity index (χ0v) is 17.5.